The zero-order valence-corrected chi connectivity index (χ0v) is 23.4. The summed E-state index contributed by atoms with van der Waals surface area (Å²) in [7, 11) is 4.00. The summed E-state index contributed by atoms with van der Waals surface area (Å²) in [5.41, 5.74) is 8.56. The molecule has 0 radical (unpaired) electrons. The molecule has 0 aromatic heterocycles. The third-order valence-corrected chi connectivity index (χ3v) is 7.55. The maximum Gasteiger partial charge on any atom is 0.296 e. The SMILES string of the molecule is CC(C)c1cc(-c2cccc3ccccc23)cc2c1CC(NC(=O)C(=O)c1ccc(CN(C)C)cc1)=CC2C. The number of ketones is 1. The first-order valence-electron chi connectivity index (χ1n) is 13.7. The van der Waals surface area contributed by atoms with Gasteiger partial charge in [-0.2, -0.15) is 0 Å². The average molecular weight is 517 g/mol. The summed E-state index contributed by atoms with van der Waals surface area (Å²) in [6.45, 7) is 7.37. The van der Waals surface area contributed by atoms with Gasteiger partial charge < -0.3 is 10.2 Å². The molecule has 0 saturated carbocycles. The monoisotopic (exact) mass is 516 g/mol. The number of allylic oxidation sites excluding steroid dienone is 2. The van der Waals surface area contributed by atoms with E-state index in [1.54, 1.807) is 12.1 Å². The summed E-state index contributed by atoms with van der Waals surface area (Å²) in [4.78, 5) is 27.9. The van der Waals surface area contributed by atoms with E-state index in [4.69, 9.17) is 0 Å². The van der Waals surface area contributed by atoms with E-state index in [9.17, 15) is 9.59 Å². The van der Waals surface area contributed by atoms with Gasteiger partial charge in [-0.3, -0.25) is 9.59 Å². The summed E-state index contributed by atoms with van der Waals surface area (Å²) >= 11 is 0. The van der Waals surface area contributed by atoms with Crippen LogP contribution in [0.3, 0.4) is 0 Å². The van der Waals surface area contributed by atoms with Crippen LogP contribution in [0.15, 0.2) is 90.6 Å². The molecule has 1 aliphatic rings. The molecule has 1 unspecified atom stereocenters. The predicted molar refractivity (Wildman–Crippen MR) is 160 cm³/mol. The summed E-state index contributed by atoms with van der Waals surface area (Å²) in [5.74, 6) is -0.674. The lowest BCUT2D eigenvalue weighted by molar-refractivity contribution is -0.116. The average Bonchev–Trinajstić information content (AvgIpc) is 2.92. The lowest BCUT2D eigenvalue weighted by Crippen LogP contribution is -2.32. The summed E-state index contributed by atoms with van der Waals surface area (Å²) in [6.07, 6.45) is 2.69. The molecule has 4 nitrogen and oxygen atoms in total. The van der Waals surface area contributed by atoms with E-state index in [0.29, 0.717) is 17.9 Å². The van der Waals surface area contributed by atoms with Gasteiger partial charge in [-0.05, 0) is 64.2 Å². The number of hydrogen-bond acceptors (Lipinski definition) is 3. The van der Waals surface area contributed by atoms with Crippen LogP contribution in [0.4, 0.5) is 0 Å². The first kappa shape index (κ1) is 26.6. The first-order chi connectivity index (χ1) is 18.7. The Labute approximate surface area is 231 Å². The van der Waals surface area contributed by atoms with Crippen LogP contribution in [0.1, 0.15) is 65.2 Å². The number of rotatable bonds is 7. The standard InChI is InChI=1S/C35H36N2O2/c1-22(2)31-18-27(30-12-8-10-25-9-6-7-11-29(25)30)19-32-23(3)17-28(20-33(31)32)36-35(39)34(38)26-15-13-24(14-16-26)21-37(4)5/h6-19,22-23H,20-21H2,1-5H3,(H,36,39). The van der Waals surface area contributed by atoms with Gasteiger partial charge in [0.25, 0.3) is 11.7 Å². The molecule has 0 spiro atoms. The van der Waals surface area contributed by atoms with Crippen LogP contribution in [-0.2, 0) is 17.8 Å². The van der Waals surface area contributed by atoms with Crippen LogP contribution in [0.25, 0.3) is 21.9 Å². The molecule has 4 aromatic carbocycles. The minimum atomic E-state index is -0.587. The third kappa shape index (κ3) is 5.57. The van der Waals surface area contributed by atoms with E-state index in [1.807, 2.05) is 26.2 Å². The van der Waals surface area contributed by atoms with E-state index in [2.05, 4.69) is 91.7 Å². The molecule has 0 bridgehead atoms. The number of nitrogens with one attached hydrogen (secondary N) is 1. The number of Topliss-reactive ketones (excluding diaryl/α,β-unsaturated/α-hetero) is 1. The molecule has 5 rings (SSSR count). The fourth-order valence-corrected chi connectivity index (χ4v) is 5.66. The van der Waals surface area contributed by atoms with Crippen molar-refractivity contribution < 1.29 is 9.59 Å². The van der Waals surface area contributed by atoms with Crippen molar-refractivity contribution in [3.05, 3.63) is 118 Å². The van der Waals surface area contributed by atoms with Gasteiger partial charge in [-0.25, -0.2) is 0 Å². The molecule has 0 aliphatic heterocycles. The van der Waals surface area contributed by atoms with Crippen LogP contribution in [-0.4, -0.2) is 30.7 Å². The van der Waals surface area contributed by atoms with Crippen molar-refractivity contribution in [3.63, 3.8) is 0 Å². The Morgan fingerprint density at radius 2 is 1.67 bits per heavy atom. The highest BCUT2D eigenvalue weighted by molar-refractivity contribution is 6.43. The van der Waals surface area contributed by atoms with E-state index in [-0.39, 0.29) is 5.92 Å². The molecule has 198 valence electrons. The number of carbonyl (C=O) groups is 2. The van der Waals surface area contributed by atoms with Gasteiger partial charge in [0.05, 0.1) is 0 Å². The second-order valence-corrected chi connectivity index (χ2v) is 11.2. The molecule has 1 aliphatic carbocycles. The van der Waals surface area contributed by atoms with Gasteiger partial charge in [0.2, 0.25) is 0 Å². The van der Waals surface area contributed by atoms with Gasteiger partial charge in [0.1, 0.15) is 0 Å². The van der Waals surface area contributed by atoms with Gasteiger partial charge in [0.15, 0.2) is 0 Å². The van der Waals surface area contributed by atoms with Crippen LogP contribution in [0, 0.1) is 0 Å². The zero-order chi connectivity index (χ0) is 27.7. The first-order valence-corrected chi connectivity index (χ1v) is 13.7. The van der Waals surface area contributed by atoms with Crippen LogP contribution in [0.5, 0.6) is 0 Å². The van der Waals surface area contributed by atoms with Crippen LogP contribution < -0.4 is 5.32 Å². The molecule has 4 heteroatoms. The molecule has 4 aromatic rings. The van der Waals surface area contributed by atoms with Crippen molar-refractivity contribution in [2.24, 2.45) is 0 Å². The summed E-state index contributed by atoms with van der Waals surface area (Å²) < 4.78 is 0. The van der Waals surface area contributed by atoms with Crippen LogP contribution in [0.2, 0.25) is 0 Å². The second-order valence-electron chi connectivity index (χ2n) is 11.2. The van der Waals surface area contributed by atoms with Crippen LogP contribution >= 0.6 is 0 Å². The quantitative estimate of drug-likeness (QED) is 0.208. The topological polar surface area (TPSA) is 49.4 Å². The zero-order valence-electron chi connectivity index (χ0n) is 23.4. The van der Waals surface area contributed by atoms with Gasteiger partial charge >= 0.3 is 0 Å². The smallest absolute Gasteiger partial charge is 0.296 e. The number of amides is 1. The molecule has 1 N–H and O–H groups in total. The minimum absolute atomic E-state index is 0.108. The van der Waals surface area contributed by atoms with Crippen molar-refractivity contribution in [2.45, 2.75) is 45.6 Å². The largest absolute Gasteiger partial charge is 0.323 e. The second kappa shape index (κ2) is 11.0. The fraction of sp³-hybridized carbons (Fsp3) is 0.257. The lowest BCUT2D eigenvalue weighted by atomic mass is 9.79. The normalized spacial score (nSPS) is 14.8. The Kier molecular flexibility index (Phi) is 7.49. The Morgan fingerprint density at radius 3 is 2.38 bits per heavy atom. The molecule has 1 amide bonds. The molecular weight excluding hydrogens is 480 g/mol. The molecule has 0 saturated heterocycles. The molecule has 0 heterocycles. The van der Waals surface area contributed by atoms with Crippen molar-refractivity contribution in [1.29, 1.82) is 0 Å². The molecular formula is C35H36N2O2. The molecule has 1 atom stereocenters. The van der Waals surface area contributed by atoms with Gasteiger partial charge in [-0.15, -0.1) is 0 Å². The number of fused-ring (bicyclic) bond motifs is 2. The number of benzene rings is 4. The van der Waals surface area contributed by atoms with Crippen molar-refractivity contribution in [2.75, 3.05) is 14.1 Å². The van der Waals surface area contributed by atoms with E-state index in [1.165, 1.54) is 38.6 Å². The van der Waals surface area contributed by atoms with Crippen molar-refractivity contribution in [3.8, 4) is 11.1 Å². The fourth-order valence-electron chi connectivity index (χ4n) is 5.66. The van der Waals surface area contributed by atoms with Gasteiger partial charge in [-0.1, -0.05) is 106 Å². The summed E-state index contributed by atoms with van der Waals surface area (Å²) in [5, 5.41) is 5.41. The van der Waals surface area contributed by atoms with Crippen molar-refractivity contribution >= 4 is 22.5 Å². The van der Waals surface area contributed by atoms with Crippen molar-refractivity contribution in [1.82, 2.24) is 10.2 Å². The maximum atomic E-state index is 13.0. The van der Waals surface area contributed by atoms with E-state index >= 15 is 0 Å². The van der Waals surface area contributed by atoms with E-state index < -0.39 is 11.7 Å². The number of carbonyl (C=O) groups excluding carboxylic acids is 2. The lowest BCUT2D eigenvalue weighted by Gasteiger charge is -2.27. The maximum absolute atomic E-state index is 13.0. The molecule has 39 heavy (non-hydrogen) atoms. The Balaban J connectivity index is 1.41. The predicted octanol–water partition coefficient (Wildman–Crippen LogP) is 7.23. The Hall–Kier alpha value is -4.02. The highest BCUT2D eigenvalue weighted by atomic mass is 16.2. The van der Waals surface area contributed by atoms with Gasteiger partial charge in [0, 0.05) is 30.1 Å². The number of nitrogens with zero attached hydrogens (tertiary/aromatic N) is 1. The molecule has 0 fully saturated rings. The number of hydrogen-bond donors (Lipinski definition) is 1. The Bertz CT molecular complexity index is 1570. The van der Waals surface area contributed by atoms with E-state index in [0.717, 1.165) is 17.8 Å². The summed E-state index contributed by atoms with van der Waals surface area (Å²) in [6, 6.07) is 26.9. The highest BCUT2D eigenvalue weighted by Crippen LogP contribution is 2.39. The third-order valence-electron chi connectivity index (χ3n) is 7.55. The highest BCUT2D eigenvalue weighted by Gasteiger charge is 2.25. The Morgan fingerprint density at radius 1 is 0.949 bits per heavy atom. The minimum Gasteiger partial charge on any atom is -0.323 e.